The molecule has 0 spiro atoms. The van der Waals surface area contributed by atoms with Gasteiger partial charge < -0.3 is 19.8 Å². The number of carboxylic acids is 1. The number of rotatable bonds is 7. The van der Waals surface area contributed by atoms with E-state index in [9.17, 15) is 19.8 Å². The van der Waals surface area contributed by atoms with Crippen molar-refractivity contribution in [3.63, 3.8) is 0 Å². The number of carbonyl (C=O) groups is 2. The van der Waals surface area contributed by atoms with Crippen LogP contribution in [0.3, 0.4) is 0 Å². The standard InChI is InChI=1S/C20H27NO5/c1-26-16-7-4-14(5-8-16)6-9-18(23)21-11-10-17(22)20(13-21,19(24)25)12-15-2-3-15/h4-5,7-8,15,17,22H,2-3,6,9-13H2,1H3,(H,24,25)/t17-,20+/m0/s1. The van der Waals surface area contributed by atoms with Crippen molar-refractivity contribution in [3.05, 3.63) is 29.8 Å². The maximum atomic E-state index is 12.6. The van der Waals surface area contributed by atoms with E-state index in [0.29, 0.717) is 38.1 Å². The van der Waals surface area contributed by atoms with E-state index in [4.69, 9.17) is 4.74 Å². The van der Waals surface area contributed by atoms with E-state index < -0.39 is 17.5 Å². The van der Waals surface area contributed by atoms with Crippen LogP contribution in [-0.2, 0) is 16.0 Å². The quantitative estimate of drug-likeness (QED) is 0.777. The van der Waals surface area contributed by atoms with E-state index in [-0.39, 0.29) is 12.5 Å². The molecule has 2 fully saturated rings. The fraction of sp³-hybridized carbons (Fsp3) is 0.600. The van der Waals surface area contributed by atoms with Crippen LogP contribution in [-0.4, -0.2) is 53.3 Å². The highest BCUT2D eigenvalue weighted by Gasteiger charge is 2.52. The van der Waals surface area contributed by atoms with E-state index in [2.05, 4.69) is 0 Å². The molecule has 142 valence electrons. The van der Waals surface area contributed by atoms with Gasteiger partial charge in [0, 0.05) is 19.5 Å². The molecule has 0 bridgehead atoms. The molecule has 0 aromatic heterocycles. The smallest absolute Gasteiger partial charge is 0.314 e. The highest BCUT2D eigenvalue weighted by atomic mass is 16.5. The highest BCUT2D eigenvalue weighted by molar-refractivity contribution is 5.80. The summed E-state index contributed by atoms with van der Waals surface area (Å²) in [6.45, 7) is 0.532. The largest absolute Gasteiger partial charge is 0.497 e. The van der Waals surface area contributed by atoms with E-state index >= 15 is 0 Å². The number of aliphatic hydroxyl groups excluding tert-OH is 1. The lowest BCUT2D eigenvalue weighted by molar-refractivity contribution is -0.167. The summed E-state index contributed by atoms with van der Waals surface area (Å²) >= 11 is 0. The molecule has 2 aliphatic rings. The van der Waals surface area contributed by atoms with Crippen LogP contribution in [0.15, 0.2) is 24.3 Å². The molecule has 1 aromatic carbocycles. The maximum Gasteiger partial charge on any atom is 0.314 e. The van der Waals surface area contributed by atoms with Gasteiger partial charge in [0.2, 0.25) is 5.91 Å². The van der Waals surface area contributed by atoms with Gasteiger partial charge in [-0.2, -0.15) is 0 Å². The molecule has 0 unspecified atom stereocenters. The molecule has 3 rings (SSSR count). The average molecular weight is 361 g/mol. The van der Waals surface area contributed by atoms with Gasteiger partial charge in [-0.05, 0) is 42.9 Å². The normalized spacial score (nSPS) is 25.8. The zero-order chi connectivity index (χ0) is 18.7. The Balaban J connectivity index is 1.62. The Morgan fingerprint density at radius 2 is 1.92 bits per heavy atom. The van der Waals surface area contributed by atoms with Gasteiger partial charge in [-0.15, -0.1) is 0 Å². The van der Waals surface area contributed by atoms with E-state index in [1.807, 2.05) is 24.3 Å². The van der Waals surface area contributed by atoms with Crippen LogP contribution in [0.2, 0.25) is 0 Å². The van der Waals surface area contributed by atoms with Crippen molar-refractivity contribution < 1.29 is 24.5 Å². The Kier molecular flexibility index (Phi) is 5.51. The fourth-order valence-electron chi connectivity index (χ4n) is 3.83. The molecule has 1 aromatic rings. The maximum absolute atomic E-state index is 12.6. The summed E-state index contributed by atoms with van der Waals surface area (Å²) in [5.74, 6) is 0.116. The summed E-state index contributed by atoms with van der Waals surface area (Å²) in [4.78, 5) is 26.2. The number of aliphatic hydroxyl groups is 1. The second kappa shape index (κ2) is 7.66. The minimum Gasteiger partial charge on any atom is -0.497 e. The predicted molar refractivity (Wildman–Crippen MR) is 95.9 cm³/mol. The van der Waals surface area contributed by atoms with Crippen LogP contribution < -0.4 is 4.74 Å². The zero-order valence-corrected chi connectivity index (χ0v) is 15.2. The SMILES string of the molecule is COc1ccc(CCC(=O)N2CC[C@H](O)[C@](CC3CC3)(C(=O)O)C2)cc1. The number of aryl methyl sites for hydroxylation is 1. The van der Waals surface area contributed by atoms with Gasteiger partial charge in [0.25, 0.3) is 0 Å². The zero-order valence-electron chi connectivity index (χ0n) is 15.2. The van der Waals surface area contributed by atoms with Crippen molar-refractivity contribution in [2.75, 3.05) is 20.2 Å². The van der Waals surface area contributed by atoms with Crippen LogP contribution in [0.4, 0.5) is 0 Å². The number of aliphatic carboxylic acids is 1. The van der Waals surface area contributed by atoms with Crippen LogP contribution in [0, 0.1) is 11.3 Å². The predicted octanol–water partition coefficient (Wildman–Crippen LogP) is 2.09. The lowest BCUT2D eigenvalue weighted by Gasteiger charge is -2.43. The van der Waals surface area contributed by atoms with E-state index in [1.54, 1.807) is 12.0 Å². The van der Waals surface area contributed by atoms with Crippen LogP contribution >= 0.6 is 0 Å². The Labute approximate surface area is 153 Å². The molecule has 1 aliphatic heterocycles. The monoisotopic (exact) mass is 361 g/mol. The number of ether oxygens (including phenoxy) is 1. The van der Waals surface area contributed by atoms with Gasteiger partial charge in [0.15, 0.2) is 0 Å². The number of benzene rings is 1. The molecule has 1 heterocycles. The summed E-state index contributed by atoms with van der Waals surface area (Å²) in [5, 5.41) is 20.2. The number of carboxylic acid groups (broad SMARTS) is 1. The molecule has 6 nitrogen and oxygen atoms in total. The molecular weight excluding hydrogens is 334 g/mol. The summed E-state index contributed by atoms with van der Waals surface area (Å²) in [6, 6.07) is 7.59. The number of carbonyl (C=O) groups excluding carboxylic acids is 1. The molecule has 1 saturated carbocycles. The third-order valence-electron chi connectivity index (χ3n) is 5.70. The molecule has 6 heteroatoms. The Morgan fingerprint density at radius 3 is 2.50 bits per heavy atom. The Morgan fingerprint density at radius 1 is 1.23 bits per heavy atom. The fourth-order valence-corrected chi connectivity index (χ4v) is 3.83. The molecular formula is C20H27NO5. The molecule has 2 atom stereocenters. The van der Waals surface area contributed by atoms with Crippen molar-refractivity contribution in [2.24, 2.45) is 11.3 Å². The molecule has 1 amide bonds. The molecule has 1 saturated heterocycles. The summed E-state index contributed by atoms with van der Waals surface area (Å²) in [7, 11) is 1.61. The van der Waals surface area contributed by atoms with Gasteiger partial charge in [-0.25, -0.2) is 0 Å². The molecule has 0 radical (unpaired) electrons. The summed E-state index contributed by atoms with van der Waals surface area (Å²) in [6.07, 6.45) is 2.89. The topological polar surface area (TPSA) is 87.1 Å². The number of likely N-dealkylation sites (tertiary alicyclic amines) is 1. The first kappa shape index (κ1) is 18.7. The van der Waals surface area contributed by atoms with Crippen LogP contribution in [0.5, 0.6) is 5.75 Å². The summed E-state index contributed by atoms with van der Waals surface area (Å²) in [5.41, 5.74) is -0.173. The van der Waals surface area contributed by atoms with Crippen molar-refractivity contribution in [2.45, 2.75) is 44.6 Å². The van der Waals surface area contributed by atoms with Crippen LogP contribution in [0.1, 0.15) is 37.7 Å². The number of hydrogen-bond donors (Lipinski definition) is 2. The van der Waals surface area contributed by atoms with Gasteiger partial charge >= 0.3 is 5.97 Å². The van der Waals surface area contributed by atoms with E-state index in [0.717, 1.165) is 24.2 Å². The Hall–Kier alpha value is -2.08. The number of piperidine rings is 1. The van der Waals surface area contributed by atoms with Crippen molar-refractivity contribution in [1.82, 2.24) is 4.90 Å². The van der Waals surface area contributed by atoms with E-state index in [1.165, 1.54) is 0 Å². The Bertz CT molecular complexity index is 655. The third-order valence-corrected chi connectivity index (χ3v) is 5.70. The van der Waals surface area contributed by atoms with Crippen LogP contribution in [0.25, 0.3) is 0 Å². The number of amides is 1. The number of hydrogen-bond acceptors (Lipinski definition) is 4. The average Bonchev–Trinajstić information content (AvgIpc) is 3.45. The van der Waals surface area contributed by atoms with Gasteiger partial charge in [0.05, 0.1) is 13.2 Å². The van der Waals surface area contributed by atoms with Gasteiger partial charge in [0.1, 0.15) is 11.2 Å². The van der Waals surface area contributed by atoms with Gasteiger partial charge in [-0.3, -0.25) is 9.59 Å². The molecule has 26 heavy (non-hydrogen) atoms. The minimum absolute atomic E-state index is 0.0471. The second-order valence-electron chi connectivity index (χ2n) is 7.58. The first-order chi connectivity index (χ1) is 12.4. The van der Waals surface area contributed by atoms with Gasteiger partial charge in [-0.1, -0.05) is 25.0 Å². The first-order valence-corrected chi connectivity index (χ1v) is 9.27. The number of methoxy groups -OCH3 is 1. The molecule has 2 N–H and O–H groups in total. The highest BCUT2D eigenvalue weighted by Crippen LogP contribution is 2.45. The number of nitrogens with zero attached hydrogens (tertiary/aromatic N) is 1. The van der Waals surface area contributed by atoms with Crippen molar-refractivity contribution >= 4 is 11.9 Å². The van der Waals surface area contributed by atoms with Crippen molar-refractivity contribution in [3.8, 4) is 5.75 Å². The lowest BCUT2D eigenvalue weighted by atomic mass is 9.73. The second-order valence-corrected chi connectivity index (χ2v) is 7.58. The van der Waals surface area contributed by atoms with Crippen molar-refractivity contribution in [1.29, 1.82) is 0 Å². The minimum atomic E-state index is -1.21. The summed E-state index contributed by atoms with van der Waals surface area (Å²) < 4.78 is 5.13. The lowest BCUT2D eigenvalue weighted by Crippen LogP contribution is -2.57. The molecule has 1 aliphatic carbocycles. The first-order valence-electron chi connectivity index (χ1n) is 9.27. The third kappa shape index (κ3) is 4.01.